The van der Waals surface area contributed by atoms with Crippen LogP contribution >= 0.6 is 0 Å². The summed E-state index contributed by atoms with van der Waals surface area (Å²) in [6.45, 7) is 0. The van der Waals surface area contributed by atoms with Crippen LogP contribution in [0.5, 0.6) is 0 Å². The lowest BCUT2D eigenvalue weighted by atomic mass is 10.3. The summed E-state index contributed by atoms with van der Waals surface area (Å²) in [5.74, 6) is 1.80. The van der Waals surface area contributed by atoms with Gasteiger partial charge in [-0.25, -0.2) is 4.79 Å². The summed E-state index contributed by atoms with van der Waals surface area (Å²) < 4.78 is 43.6. The van der Waals surface area contributed by atoms with Crippen LogP contribution in [0.3, 0.4) is 0 Å². The Kier molecular flexibility index (Phi) is 5.78. The molecule has 1 heterocycles. The largest absolute Gasteiger partial charge is 0.673 e. The Labute approximate surface area is 88.1 Å². The van der Waals surface area contributed by atoms with Crippen molar-refractivity contribution < 1.29 is 26.8 Å². The van der Waals surface area contributed by atoms with Gasteiger partial charge in [0.05, 0.1) is 18.9 Å². The van der Waals surface area contributed by atoms with E-state index >= 15 is 0 Å². The molecule has 0 spiro atoms. The molecule has 0 saturated carbocycles. The van der Waals surface area contributed by atoms with Crippen molar-refractivity contribution in [2.45, 2.75) is 0 Å². The summed E-state index contributed by atoms with van der Waals surface area (Å²) in [5, 5.41) is 0. The third kappa shape index (κ3) is 8.35. The highest BCUT2D eigenvalue weighted by atomic mass is 32.2. The highest BCUT2D eigenvalue weighted by Crippen LogP contribution is 2.12. The van der Waals surface area contributed by atoms with E-state index in [4.69, 9.17) is 0 Å². The van der Waals surface area contributed by atoms with Gasteiger partial charge in [0.1, 0.15) is 11.5 Å². The van der Waals surface area contributed by atoms with Crippen LogP contribution in [0.4, 0.5) is 17.3 Å². The Balaban J connectivity index is 0.000000336. The second-order valence-corrected chi connectivity index (χ2v) is 4.99. The lowest BCUT2D eigenvalue weighted by molar-refractivity contribution is -0.135. The van der Waals surface area contributed by atoms with Gasteiger partial charge in [-0.15, -0.1) is 0 Å². The van der Waals surface area contributed by atoms with Crippen LogP contribution < -0.4 is 0 Å². The Morgan fingerprint density at radius 2 is 1.93 bits per heavy atom. The van der Waals surface area contributed by atoms with E-state index in [1.807, 2.05) is 6.08 Å². The van der Waals surface area contributed by atoms with Gasteiger partial charge < -0.3 is 22.0 Å². The molecule has 1 unspecified atom stereocenters. The minimum Gasteiger partial charge on any atom is -0.466 e. The van der Waals surface area contributed by atoms with E-state index in [-0.39, 0.29) is 5.97 Å². The summed E-state index contributed by atoms with van der Waals surface area (Å²) in [7, 11) is -4.19. The van der Waals surface area contributed by atoms with E-state index in [0.29, 0.717) is 10.9 Å². The zero-order valence-electron chi connectivity index (χ0n) is 8.31. The van der Waals surface area contributed by atoms with Gasteiger partial charge in [0.15, 0.2) is 0 Å². The molecule has 1 atom stereocenters. The summed E-state index contributed by atoms with van der Waals surface area (Å²) in [6.07, 6.45) is 4.14. The first-order valence-corrected chi connectivity index (χ1v) is 5.95. The van der Waals surface area contributed by atoms with Gasteiger partial charge in [0.25, 0.3) is 0 Å². The SMILES string of the molecule is COC(=O)C1=CC[S+](C)C1.F[B-](F)(F)F. The Bertz CT molecular complexity index is 248. The molecule has 0 N–H and O–H groups in total. The van der Waals surface area contributed by atoms with Gasteiger partial charge in [0.2, 0.25) is 0 Å². The van der Waals surface area contributed by atoms with E-state index < -0.39 is 7.25 Å². The molecule has 2 nitrogen and oxygen atoms in total. The van der Waals surface area contributed by atoms with Crippen LogP contribution in [-0.4, -0.2) is 38.1 Å². The van der Waals surface area contributed by atoms with Gasteiger partial charge in [-0.1, -0.05) is 0 Å². The van der Waals surface area contributed by atoms with E-state index in [9.17, 15) is 22.1 Å². The number of carbonyl (C=O) groups is 1. The smallest absolute Gasteiger partial charge is 0.466 e. The molecule has 0 aromatic carbocycles. The molecule has 0 aromatic rings. The van der Waals surface area contributed by atoms with E-state index in [0.717, 1.165) is 17.1 Å². The van der Waals surface area contributed by atoms with Crippen LogP contribution in [0.2, 0.25) is 0 Å². The number of carbonyl (C=O) groups excluding carboxylic acids is 1. The van der Waals surface area contributed by atoms with Gasteiger partial charge in [-0.05, 0) is 17.0 Å². The molecular formula is C7H11BF4O2S. The fourth-order valence-corrected chi connectivity index (χ4v) is 2.27. The lowest BCUT2D eigenvalue weighted by Crippen LogP contribution is -2.09. The van der Waals surface area contributed by atoms with E-state index in [1.165, 1.54) is 7.11 Å². The minimum atomic E-state index is -6.00. The molecule has 1 aliphatic rings. The van der Waals surface area contributed by atoms with Crippen molar-refractivity contribution in [2.75, 3.05) is 24.9 Å². The van der Waals surface area contributed by atoms with Crippen LogP contribution in [-0.2, 0) is 20.4 Å². The molecule has 0 aliphatic carbocycles. The molecule has 8 heteroatoms. The number of hydrogen-bond acceptors (Lipinski definition) is 2. The molecule has 0 saturated heterocycles. The molecular weight excluding hydrogens is 235 g/mol. The van der Waals surface area contributed by atoms with Crippen molar-refractivity contribution in [3.8, 4) is 0 Å². The first kappa shape index (κ1) is 14.3. The van der Waals surface area contributed by atoms with Crippen LogP contribution in [0.15, 0.2) is 11.6 Å². The van der Waals surface area contributed by atoms with E-state index in [1.54, 1.807) is 0 Å². The molecule has 0 aromatic heterocycles. The molecule has 1 rings (SSSR count). The van der Waals surface area contributed by atoms with Crippen molar-refractivity contribution in [1.29, 1.82) is 0 Å². The molecule has 0 radical (unpaired) electrons. The topological polar surface area (TPSA) is 26.3 Å². The van der Waals surface area contributed by atoms with Crippen LogP contribution in [0.1, 0.15) is 0 Å². The number of rotatable bonds is 1. The number of methoxy groups -OCH3 is 1. The second kappa shape index (κ2) is 6.04. The maximum absolute atomic E-state index is 10.9. The van der Waals surface area contributed by atoms with Crippen molar-refractivity contribution in [2.24, 2.45) is 0 Å². The fourth-order valence-electron chi connectivity index (χ4n) is 0.900. The highest BCUT2D eigenvalue weighted by molar-refractivity contribution is 7.96. The third-order valence-corrected chi connectivity index (χ3v) is 3.00. The molecule has 15 heavy (non-hydrogen) atoms. The summed E-state index contributed by atoms with van der Waals surface area (Å²) >= 11 is 0. The maximum atomic E-state index is 10.9. The normalized spacial score (nSPS) is 20.1. The molecule has 1 aliphatic heterocycles. The Hall–Kier alpha value is -0.655. The maximum Gasteiger partial charge on any atom is 0.673 e. The lowest BCUT2D eigenvalue weighted by Gasteiger charge is -1.94. The third-order valence-electron chi connectivity index (χ3n) is 1.46. The van der Waals surface area contributed by atoms with Crippen LogP contribution in [0, 0.1) is 0 Å². The van der Waals surface area contributed by atoms with Crippen molar-refractivity contribution in [1.82, 2.24) is 0 Å². The first-order valence-electron chi connectivity index (χ1n) is 3.98. The highest BCUT2D eigenvalue weighted by Gasteiger charge is 2.25. The molecule has 88 valence electrons. The van der Waals surface area contributed by atoms with Crippen LogP contribution in [0.25, 0.3) is 0 Å². The summed E-state index contributed by atoms with van der Waals surface area (Å²) in [6, 6.07) is 0. The van der Waals surface area contributed by atoms with Gasteiger partial charge in [-0.3, -0.25) is 0 Å². The zero-order chi connectivity index (χ0) is 12.1. The average Bonchev–Trinajstić information content (AvgIpc) is 2.47. The van der Waals surface area contributed by atoms with E-state index in [2.05, 4.69) is 11.0 Å². The monoisotopic (exact) mass is 246 g/mol. The van der Waals surface area contributed by atoms with Crippen molar-refractivity contribution in [3.63, 3.8) is 0 Å². The van der Waals surface area contributed by atoms with Crippen molar-refractivity contribution >= 4 is 24.1 Å². The number of esters is 1. The number of hydrogen-bond donors (Lipinski definition) is 0. The quantitative estimate of drug-likeness (QED) is 0.304. The first-order chi connectivity index (χ1) is 6.74. The summed E-state index contributed by atoms with van der Waals surface area (Å²) in [4.78, 5) is 10.9. The minimum absolute atomic E-state index is 0.156. The van der Waals surface area contributed by atoms with Gasteiger partial charge in [0, 0.05) is 0 Å². The molecule has 0 amide bonds. The number of halogens is 4. The molecule has 0 fully saturated rings. The number of ether oxygens (including phenoxy) is 1. The Morgan fingerprint density at radius 3 is 2.20 bits per heavy atom. The van der Waals surface area contributed by atoms with Gasteiger partial charge >= 0.3 is 13.2 Å². The molecule has 0 bridgehead atoms. The zero-order valence-corrected chi connectivity index (χ0v) is 9.12. The summed E-state index contributed by atoms with van der Waals surface area (Å²) in [5.41, 5.74) is 0.855. The standard InChI is InChI=1S/C7H11O2S.BF4/c1-9-7(8)6-3-4-10(2)5-6;2-1(3,4)5/h3H,4-5H2,1-2H3;/q+1;-1. The predicted octanol–water partition coefficient (Wildman–Crippen LogP) is 1.65. The Morgan fingerprint density at radius 1 is 1.47 bits per heavy atom. The fraction of sp³-hybridized carbons (Fsp3) is 0.571. The average molecular weight is 246 g/mol. The predicted molar refractivity (Wildman–Crippen MR) is 53.3 cm³/mol. The van der Waals surface area contributed by atoms with Crippen molar-refractivity contribution in [3.05, 3.63) is 11.6 Å². The van der Waals surface area contributed by atoms with Gasteiger partial charge in [-0.2, -0.15) is 0 Å². The second-order valence-electron chi connectivity index (χ2n) is 2.81.